The zero-order valence-corrected chi connectivity index (χ0v) is 10.6. The molecule has 0 aliphatic rings. The van der Waals surface area contributed by atoms with Crippen molar-refractivity contribution in [3.05, 3.63) is 63.4 Å². The lowest BCUT2D eigenvalue weighted by molar-refractivity contribution is 0.103. The second-order valence-electron chi connectivity index (χ2n) is 3.69. The van der Waals surface area contributed by atoms with Crippen molar-refractivity contribution in [1.82, 2.24) is 0 Å². The highest BCUT2D eigenvalue weighted by Gasteiger charge is 2.17. The molecule has 0 radical (unpaired) electrons. The predicted octanol–water partition coefficient (Wildman–Crippen LogP) is 3.95. The number of nitrogen functional groups attached to an aromatic ring is 1. The first kappa shape index (κ1) is 12.9. The molecule has 0 saturated carbocycles. The van der Waals surface area contributed by atoms with E-state index in [2.05, 4.69) is 0 Å². The van der Waals surface area contributed by atoms with Gasteiger partial charge in [-0.1, -0.05) is 23.2 Å². The van der Waals surface area contributed by atoms with Crippen LogP contribution in [0.25, 0.3) is 0 Å². The van der Waals surface area contributed by atoms with E-state index in [9.17, 15) is 9.18 Å². The number of hydrogen-bond donors (Lipinski definition) is 1. The monoisotopic (exact) mass is 283 g/mol. The van der Waals surface area contributed by atoms with E-state index >= 15 is 0 Å². The lowest BCUT2D eigenvalue weighted by Gasteiger charge is -2.06. The Hall–Kier alpha value is -1.58. The molecule has 5 heteroatoms. The fraction of sp³-hybridized carbons (Fsp3) is 0. The molecule has 0 heterocycles. The van der Waals surface area contributed by atoms with Crippen molar-refractivity contribution < 1.29 is 9.18 Å². The third kappa shape index (κ3) is 2.47. The van der Waals surface area contributed by atoms with Gasteiger partial charge in [-0.2, -0.15) is 0 Å². The number of benzene rings is 2. The first-order valence-corrected chi connectivity index (χ1v) is 5.79. The van der Waals surface area contributed by atoms with E-state index in [4.69, 9.17) is 28.9 Å². The van der Waals surface area contributed by atoms with Crippen LogP contribution in [-0.4, -0.2) is 5.78 Å². The molecular formula is C13H8Cl2FNO. The Labute approximate surface area is 113 Å². The largest absolute Gasteiger partial charge is 0.399 e. The first-order chi connectivity index (χ1) is 8.49. The summed E-state index contributed by atoms with van der Waals surface area (Å²) >= 11 is 11.6. The van der Waals surface area contributed by atoms with Gasteiger partial charge in [-0.25, -0.2) is 4.39 Å². The average Bonchev–Trinajstić information content (AvgIpc) is 2.28. The van der Waals surface area contributed by atoms with Crippen LogP contribution in [-0.2, 0) is 0 Å². The van der Waals surface area contributed by atoms with Gasteiger partial charge in [0.2, 0.25) is 0 Å². The van der Waals surface area contributed by atoms with Gasteiger partial charge in [0.25, 0.3) is 0 Å². The lowest BCUT2D eigenvalue weighted by Crippen LogP contribution is -2.05. The molecule has 0 saturated heterocycles. The van der Waals surface area contributed by atoms with E-state index in [0.29, 0.717) is 5.02 Å². The fourth-order valence-corrected chi connectivity index (χ4v) is 2.03. The van der Waals surface area contributed by atoms with Gasteiger partial charge in [-0.15, -0.1) is 0 Å². The number of ketones is 1. The highest BCUT2D eigenvalue weighted by molar-refractivity contribution is 6.37. The van der Waals surface area contributed by atoms with Gasteiger partial charge >= 0.3 is 0 Å². The zero-order valence-electron chi connectivity index (χ0n) is 9.08. The van der Waals surface area contributed by atoms with E-state index in [0.717, 1.165) is 6.07 Å². The molecule has 2 rings (SSSR count). The number of hydrogen-bond acceptors (Lipinski definition) is 2. The Balaban J connectivity index is 2.48. The van der Waals surface area contributed by atoms with Gasteiger partial charge in [-0.3, -0.25) is 4.79 Å². The molecule has 2 aromatic carbocycles. The van der Waals surface area contributed by atoms with E-state index in [-0.39, 0.29) is 21.8 Å². The standard InChI is InChI=1S/C13H8Cl2FNO/c14-7-1-3-9(11(15)5-7)13(18)10-4-2-8(17)6-12(10)16/h1-6H,17H2. The Morgan fingerprint density at radius 1 is 1.06 bits per heavy atom. The Morgan fingerprint density at radius 3 is 2.33 bits per heavy atom. The summed E-state index contributed by atoms with van der Waals surface area (Å²) in [6.45, 7) is 0. The van der Waals surface area contributed by atoms with Crippen LogP contribution >= 0.6 is 23.2 Å². The maximum Gasteiger partial charge on any atom is 0.197 e. The molecular weight excluding hydrogens is 276 g/mol. The molecule has 2 N–H and O–H groups in total. The van der Waals surface area contributed by atoms with Gasteiger partial charge in [0.15, 0.2) is 5.78 Å². The summed E-state index contributed by atoms with van der Waals surface area (Å²) in [6, 6.07) is 8.30. The van der Waals surface area contributed by atoms with Crippen molar-refractivity contribution in [2.45, 2.75) is 0 Å². The highest BCUT2D eigenvalue weighted by atomic mass is 35.5. The molecule has 2 aromatic rings. The number of anilines is 1. The lowest BCUT2D eigenvalue weighted by atomic mass is 10.0. The summed E-state index contributed by atoms with van der Waals surface area (Å²) in [6.07, 6.45) is 0. The Bertz CT molecular complexity index is 575. The normalized spacial score (nSPS) is 10.4. The van der Waals surface area contributed by atoms with Crippen molar-refractivity contribution >= 4 is 34.7 Å². The minimum absolute atomic E-state index is 0.0755. The topological polar surface area (TPSA) is 43.1 Å². The van der Waals surface area contributed by atoms with Crippen LogP contribution in [0.1, 0.15) is 15.9 Å². The molecule has 92 valence electrons. The van der Waals surface area contributed by atoms with Gasteiger partial charge < -0.3 is 5.73 Å². The molecule has 0 amide bonds. The van der Waals surface area contributed by atoms with Crippen molar-refractivity contribution in [2.24, 2.45) is 0 Å². The second kappa shape index (κ2) is 4.96. The van der Waals surface area contributed by atoms with Gasteiger partial charge in [0.05, 0.1) is 10.6 Å². The maximum absolute atomic E-state index is 13.6. The van der Waals surface area contributed by atoms with Gasteiger partial charge in [0, 0.05) is 16.3 Å². The summed E-state index contributed by atoms with van der Waals surface area (Å²) in [5.41, 5.74) is 5.80. The number of halogens is 3. The molecule has 0 bridgehead atoms. The first-order valence-electron chi connectivity index (χ1n) is 5.04. The molecule has 0 unspecified atom stereocenters. The number of carbonyl (C=O) groups excluding carboxylic acids is 1. The minimum Gasteiger partial charge on any atom is -0.399 e. The summed E-state index contributed by atoms with van der Waals surface area (Å²) in [5.74, 6) is -1.18. The number of nitrogens with two attached hydrogens (primary N) is 1. The van der Waals surface area contributed by atoms with Gasteiger partial charge in [0.1, 0.15) is 5.82 Å². The Morgan fingerprint density at radius 2 is 1.72 bits per heavy atom. The summed E-state index contributed by atoms with van der Waals surface area (Å²) in [5, 5.41) is 0.595. The zero-order chi connectivity index (χ0) is 13.3. The summed E-state index contributed by atoms with van der Waals surface area (Å²) in [4.78, 5) is 12.1. The summed E-state index contributed by atoms with van der Waals surface area (Å²) in [7, 11) is 0. The maximum atomic E-state index is 13.6. The van der Waals surface area contributed by atoms with Gasteiger partial charge in [-0.05, 0) is 36.4 Å². The van der Waals surface area contributed by atoms with Crippen LogP contribution < -0.4 is 5.73 Å². The van der Waals surface area contributed by atoms with E-state index in [1.54, 1.807) is 0 Å². The molecule has 0 aliphatic heterocycles. The van der Waals surface area contributed by atoms with Crippen molar-refractivity contribution in [3.63, 3.8) is 0 Å². The molecule has 0 atom stereocenters. The molecule has 0 fully saturated rings. The molecule has 18 heavy (non-hydrogen) atoms. The molecule has 2 nitrogen and oxygen atoms in total. The van der Waals surface area contributed by atoms with Crippen LogP contribution in [0.2, 0.25) is 10.0 Å². The van der Waals surface area contributed by atoms with Crippen molar-refractivity contribution in [2.75, 3.05) is 5.73 Å². The third-order valence-electron chi connectivity index (χ3n) is 2.41. The van der Waals surface area contributed by atoms with Crippen LogP contribution in [0.4, 0.5) is 10.1 Å². The highest BCUT2D eigenvalue weighted by Crippen LogP contribution is 2.24. The fourth-order valence-electron chi connectivity index (χ4n) is 1.53. The smallest absolute Gasteiger partial charge is 0.197 e. The quantitative estimate of drug-likeness (QED) is 0.670. The number of carbonyl (C=O) groups is 1. The van der Waals surface area contributed by atoms with E-state index in [1.807, 2.05) is 0 Å². The van der Waals surface area contributed by atoms with Crippen LogP contribution in [0.3, 0.4) is 0 Å². The SMILES string of the molecule is Nc1ccc(C(=O)c2ccc(Cl)cc2Cl)c(F)c1. The van der Waals surface area contributed by atoms with Crippen LogP contribution in [0.5, 0.6) is 0 Å². The summed E-state index contributed by atoms with van der Waals surface area (Å²) < 4.78 is 13.6. The van der Waals surface area contributed by atoms with Crippen LogP contribution in [0.15, 0.2) is 36.4 Å². The third-order valence-corrected chi connectivity index (χ3v) is 2.96. The van der Waals surface area contributed by atoms with Crippen LogP contribution in [0, 0.1) is 5.82 Å². The number of rotatable bonds is 2. The average molecular weight is 284 g/mol. The predicted molar refractivity (Wildman–Crippen MR) is 70.7 cm³/mol. The molecule has 0 aromatic heterocycles. The van der Waals surface area contributed by atoms with Crippen molar-refractivity contribution in [1.29, 1.82) is 0 Å². The van der Waals surface area contributed by atoms with E-state index < -0.39 is 11.6 Å². The second-order valence-corrected chi connectivity index (χ2v) is 4.54. The minimum atomic E-state index is -0.675. The molecule has 0 aliphatic carbocycles. The Kier molecular flexibility index (Phi) is 3.55. The van der Waals surface area contributed by atoms with Crippen molar-refractivity contribution in [3.8, 4) is 0 Å². The molecule has 0 spiro atoms. The van der Waals surface area contributed by atoms with E-state index in [1.165, 1.54) is 30.3 Å².